The molecule has 0 N–H and O–H groups in total. The summed E-state index contributed by atoms with van der Waals surface area (Å²) < 4.78 is 26.8. The zero-order valence-corrected chi connectivity index (χ0v) is 13.1. The largest absolute Gasteiger partial charge is 0.294 e. The topological polar surface area (TPSA) is 56.1 Å². The molecule has 0 unspecified atom stereocenters. The summed E-state index contributed by atoms with van der Waals surface area (Å²) in [5.74, 6) is -0.0870. The van der Waals surface area contributed by atoms with E-state index in [4.69, 9.17) is 0 Å². The standard InChI is InChI=1S/C17H15NO3S/c1-12-6-8-14(9-7-12)22(20,21)18-11-10-16-15(13(2)19)4-3-5-17(16)18/h3-11H,1-2H3. The second-order valence-electron chi connectivity index (χ2n) is 5.22. The number of carbonyl (C=O) groups excluding carboxylic acids is 1. The van der Waals surface area contributed by atoms with E-state index in [1.807, 2.05) is 6.92 Å². The molecule has 0 aliphatic heterocycles. The molecule has 0 aliphatic rings. The highest BCUT2D eigenvalue weighted by Gasteiger charge is 2.20. The fraction of sp³-hybridized carbons (Fsp3) is 0.118. The van der Waals surface area contributed by atoms with Crippen LogP contribution in [-0.4, -0.2) is 18.2 Å². The van der Waals surface area contributed by atoms with Crippen molar-refractivity contribution in [1.82, 2.24) is 3.97 Å². The molecule has 1 heterocycles. The Morgan fingerprint density at radius 2 is 1.68 bits per heavy atom. The van der Waals surface area contributed by atoms with Crippen LogP contribution in [0.15, 0.2) is 59.6 Å². The van der Waals surface area contributed by atoms with Gasteiger partial charge in [0.15, 0.2) is 5.78 Å². The summed E-state index contributed by atoms with van der Waals surface area (Å²) in [6.07, 6.45) is 1.49. The Bertz CT molecular complexity index is 967. The number of aryl methyl sites for hydroxylation is 1. The molecule has 0 fully saturated rings. The van der Waals surface area contributed by atoms with E-state index in [1.165, 1.54) is 17.1 Å². The molecule has 0 bridgehead atoms. The number of hydrogen-bond donors (Lipinski definition) is 0. The maximum absolute atomic E-state index is 12.8. The molecule has 0 saturated carbocycles. The maximum Gasteiger partial charge on any atom is 0.268 e. The van der Waals surface area contributed by atoms with Crippen LogP contribution < -0.4 is 0 Å². The molecule has 112 valence electrons. The monoisotopic (exact) mass is 313 g/mol. The Morgan fingerprint density at radius 1 is 1.00 bits per heavy atom. The van der Waals surface area contributed by atoms with Crippen LogP contribution in [0.3, 0.4) is 0 Å². The second-order valence-corrected chi connectivity index (χ2v) is 7.04. The van der Waals surface area contributed by atoms with E-state index in [0.717, 1.165) is 5.56 Å². The van der Waals surface area contributed by atoms with E-state index >= 15 is 0 Å². The van der Waals surface area contributed by atoms with Crippen LogP contribution in [0.5, 0.6) is 0 Å². The average molecular weight is 313 g/mol. The Hall–Kier alpha value is -2.40. The highest BCUT2D eigenvalue weighted by Crippen LogP contribution is 2.25. The molecule has 4 nitrogen and oxygen atoms in total. The summed E-state index contributed by atoms with van der Waals surface area (Å²) in [6, 6.07) is 13.5. The summed E-state index contributed by atoms with van der Waals surface area (Å²) in [4.78, 5) is 11.9. The molecule has 0 atom stereocenters. The average Bonchev–Trinajstić information content (AvgIpc) is 2.92. The molecular formula is C17H15NO3S. The predicted molar refractivity (Wildman–Crippen MR) is 85.7 cm³/mol. The maximum atomic E-state index is 12.8. The lowest BCUT2D eigenvalue weighted by molar-refractivity contribution is 0.101. The summed E-state index contributed by atoms with van der Waals surface area (Å²) in [5.41, 5.74) is 2.03. The van der Waals surface area contributed by atoms with Crippen LogP contribution in [0.25, 0.3) is 10.9 Å². The van der Waals surface area contributed by atoms with E-state index in [0.29, 0.717) is 16.5 Å². The number of aromatic nitrogens is 1. The van der Waals surface area contributed by atoms with Gasteiger partial charge < -0.3 is 0 Å². The van der Waals surface area contributed by atoms with Gasteiger partial charge in [0, 0.05) is 17.1 Å². The van der Waals surface area contributed by atoms with Gasteiger partial charge >= 0.3 is 0 Å². The van der Waals surface area contributed by atoms with Crippen LogP contribution in [0.1, 0.15) is 22.8 Å². The number of benzene rings is 2. The smallest absolute Gasteiger partial charge is 0.268 e. The SMILES string of the molecule is CC(=O)c1cccc2c1ccn2S(=O)(=O)c1ccc(C)cc1. The van der Waals surface area contributed by atoms with Gasteiger partial charge in [0.25, 0.3) is 10.0 Å². The zero-order valence-electron chi connectivity index (χ0n) is 12.3. The van der Waals surface area contributed by atoms with Crippen molar-refractivity contribution in [2.45, 2.75) is 18.7 Å². The molecule has 3 aromatic rings. The van der Waals surface area contributed by atoms with Crippen molar-refractivity contribution in [3.8, 4) is 0 Å². The van der Waals surface area contributed by atoms with Gasteiger partial charge in [-0.3, -0.25) is 4.79 Å². The highest BCUT2D eigenvalue weighted by atomic mass is 32.2. The molecule has 2 aromatic carbocycles. The van der Waals surface area contributed by atoms with Crippen molar-refractivity contribution >= 4 is 26.7 Å². The van der Waals surface area contributed by atoms with Crippen LogP contribution in [0.2, 0.25) is 0 Å². The van der Waals surface area contributed by atoms with E-state index in [2.05, 4.69) is 0 Å². The quantitative estimate of drug-likeness (QED) is 0.696. The number of hydrogen-bond acceptors (Lipinski definition) is 3. The third-order valence-corrected chi connectivity index (χ3v) is 5.36. The number of nitrogens with zero attached hydrogens (tertiary/aromatic N) is 1. The van der Waals surface area contributed by atoms with Gasteiger partial charge in [0.2, 0.25) is 0 Å². The fourth-order valence-corrected chi connectivity index (χ4v) is 3.83. The minimum absolute atomic E-state index is 0.0870. The fourth-order valence-electron chi connectivity index (χ4n) is 2.48. The molecular weight excluding hydrogens is 298 g/mol. The summed E-state index contributed by atoms with van der Waals surface area (Å²) in [7, 11) is -3.68. The second kappa shape index (κ2) is 5.10. The first-order valence-electron chi connectivity index (χ1n) is 6.84. The van der Waals surface area contributed by atoms with Crippen molar-refractivity contribution in [2.75, 3.05) is 0 Å². The predicted octanol–water partition coefficient (Wildman–Crippen LogP) is 3.39. The van der Waals surface area contributed by atoms with Crippen LogP contribution in [0, 0.1) is 6.92 Å². The van der Waals surface area contributed by atoms with Crippen molar-refractivity contribution in [3.05, 3.63) is 65.9 Å². The molecule has 3 rings (SSSR count). The van der Waals surface area contributed by atoms with Crippen LogP contribution >= 0.6 is 0 Å². The van der Waals surface area contributed by atoms with Crippen molar-refractivity contribution in [3.63, 3.8) is 0 Å². The van der Waals surface area contributed by atoms with Crippen molar-refractivity contribution < 1.29 is 13.2 Å². The Labute approximate surface area is 129 Å². The summed E-state index contributed by atoms with van der Waals surface area (Å²) in [6.45, 7) is 3.38. The number of Topliss-reactive ketones (excluding diaryl/α,β-unsaturated/α-hetero) is 1. The van der Waals surface area contributed by atoms with Gasteiger partial charge in [-0.15, -0.1) is 0 Å². The summed E-state index contributed by atoms with van der Waals surface area (Å²) >= 11 is 0. The van der Waals surface area contributed by atoms with E-state index in [-0.39, 0.29) is 10.7 Å². The third-order valence-electron chi connectivity index (χ3n) is 3.65. The number of carbonyl (C=O) groups is 1. The third kappa shape index (κ3) is 2.23. The van der Waals surface area contributed by atoms with Gasteiger partial charge in [-0.1, -0.05) is 29.8 Å². The molecule has 5 heteroatoms. The zero-order chi connectivity index (χ0) is 15.9. The lowest BCUT2D eigenvalue weighted by Gasteiger charge is -2.08. The van der Waals surface area contributed by atoms with Gasteiger partial charge in [-0.2, -0.15) is 0 Å². The Kier molecular flexibility index (Phi) is 3.37. The molecule has 1 aromatic heterocycles. The number of ketones is 1. The molecule has 0 spiro atoms. The highest BCUT2D eigenvalue weighted by molar-refractivity contribution is 7.90. The minimum atomic E-state index is -3.68. The van der Waals surface area contributed by atoms with Crippen molar-refractivity contribution in [2.24, 2.45) is 0 Å². The lowest BCUT2D eigenvalue weighted by Crippen LogP contribution is -2.11. The van der Waals surface area contributed by atoms with Gasteiger partial charge in [0.05, 0.1) is 10.4 Å². The lowest BCUT2D eigenvalue weighted by atomic mass is 10.1. The summed E-state index contributed by atoms with van der Waals surface area (Å²) in [5, 5.41) is 0.644. The number of fused-ring (bicyclic) bond motifs is 1. The normalized spacial score (nSPS) is 11.7. The molecule has 0 radical (unpaired) electrons. The molecule has 0 aliphatic carbocycles. The van der Waals surface area contributed by atoms with Gasteiger partial charge in [-0.25, -0.2) is 12.4 Å². The van der Waals surface area contributed by atoms with Crippen LogP contribution in [-0.2, 0) is 10.0 Å². The van der Waals surface area contributed by atoms with E-state index in [9.17, 15) is 13.2 Å². The van der Waals surface area contributed by atoms with Gasteiger partial charge in [-0.05, 0) is 38.1 Å². The molecule has 0 saturated heterocycles. The van der Waals surface area contributed by atoms with Crippen molar-refractivity contribution in [1.29, 1.82) is 0 Å². The Morgan fingerprint density at radius 3 is 2.32 bits per heavy atom. The first-order chi connectivity index (χ1) is 10.4. The first-order valence-corrected chi connectivity index (χ1v) is 8.28. The Balaban J connectivity index is 2.24. The first kappa shape index (κ1) is 14.5. The van der Waals surface area contributed by atoms with E-state index < -0.39 is 10.0 Å². The number of rotatable bonds is 3. The molecule has 0 amide bonds. The van der Waals surface area contributed by atoms with Gasteiger partial charge in [0.1, 0.15) is 0 Å². The minimum Gasteiger partial charge on any atom is -0.294 e. The van der Waals surface area contributed by atoms with E-state index in [1.54, 1.807) is 48.5 Å². The molecule has 22 heavy (non-hydrogen) atoms. The van der Waals surface area contributed by atoms with Crippen LogP contribution in [0.4, 0.5) is 0 Å².